The van der Waals surface area contributed by atoms with E-state index in [2.05, 4.69) is 6.92 Å². The third-order valence-corrected chi connectivity index (χ3v) is 6.27. The zero-order valence-corrected chi connectivity index (χ0v) is 22.3. The fourth-order valence-corrected chi connectivity index (χ4v) is 3.97. The molecule has 0 fully saturated rings. The summed E-state index contributed by atoms with van der Waals surface area (Å²) in [6.45, 7) is 4.92. The molecule has 2 atom stereocenters. The number of carboxylic acids is 1. The second-order valence-corrected chi connectivity index (χ2v) is 9.66. The first kappa shape index (κ1) is 32.4. The molecule has 0 aromatic carbocycles. The highest BCUT2D eigenvalue weighted by Gasteiger charge is 2.23. The van der Waals surface area contributed by atoms with Gasteiger partial charge in [-0.25, -0.2) is 9.59 Å². The monoisotopic (exact) mass is 484 g/mol. The van der Waals surface area contributed by atoms with E-state index >= 15 is 0 Å². The van der Waals surface area contributed by atoms with Crippen molar-refractivity contribution in [1.29, 1.82) is 0 Å². The van der Waals surface area contributed by atoms with Crippen LogP contribution in [0.15, 0.2) is 0 Å². The molecule has 0 heterocycles. The van der Waals surface area contributed by atoms with Crippen molar-refractivity contribution in [2.24, 2.45) is 0 Å². The molecule has 0 aromatic rings. The molecule has 6 heteroatoms. The Hall–Kier alpha value is -1.59. The molecule has 0 rings (SSSR count). The van der Waals surface area contributed by atoms with Gasteiger partial charge in [0.25, 0.3) is 0 Å². The first-order chi connectivity index (χ1) is 16.4. The lowest BCUT2D eigenvalue weighted by molar-refractivity contribution is -0.174. The predicted octanol–water partition coefficient (Wildman–Crippen LogP) is 7.76. The first-order valence-electron chi connectivity index (χ1n) is 14.0. The van der Waals surface area contributed by atoms with Gasteiger partial charge in [0.1, 0.15) is 0 Å². The average molecular weight is 485 g/mol. The van der Waals surface area contributed by atoms with Gasteiger partial charge >= 0.3 is 17.9 Å². The third-order valence-electron chi connectivity index (χ3n) is 6.27. The van der Waals surface area contributed by atoms with E-state index in [4.69, 9.17) is 14.6 Å². The summed E-state index contributed by atoms with van der Waals surface area (Å²) in [6.07, 6.45) is 22.6. The Kier molecular flexibility index (Phi) is 22.1. The zero-order valence-electron chi connectivity index (χ0n) is 22.3. The van der Waals surface area contributed by atoms with Crippen LogP contribution in [0.3, 0.4) is 0 Å². The van der Waals surface area contributed by atoms with Crippen molar-refractivity contribution >= 4 is 17.9 Å². The number of esters is 2. The van der Waals surface area contributed by atoms with Crippen LogP contribution in [-0.4, -0.2) is 35.2 Å². The number of rotatable bonds is 24. The molecule has 0 saturated heterocycles. The molecule has 0 aromatic heterocycles. The molecular formula is C28H52O6. The fourth-order valence-electron chi connectivity index (χ4n) is 3.97. The van der Waals surface area contributed by atoms with Crippen LogP contribution >= 0.6 is 0 Å². The Morgan fingerprint density at radius 2 is 0.912 bits per heavy atom. The molecule has 0 saturated carbocycles. The zero-order chi connectivity index (χ0) is 25.4. The predicted molar refractivity (Wildman–Crippen MR) is 137 cm³/mol. The largest absolute Gasteiger partial charge is 0.479 e. The van der Waals surface area contributed by atoms with Gasteiger partial charge < -0.3 is 14.6 Å². The van der Waals surface area contributed by atoms with Crippen LogP contribution in [0.5, 0.6) is 0 Å². The number of hydrogen-bond donors (Lipinski definition) is 1. The molecule has 200 valence electrons. The van der Waals surface area contributed by atoms with E-state index in [1.54, 1.807) is 0 Å². The highest BCUT2D eigenvalue weighted by atomic mass is 16.6. The van der Waals surface area contributed by atoms with Gasteiger partial charge in [-0.2, -0.15) is 0 Å². The Morgan fingerprint density at radius 3 is 1.26 bits per heavy atom. The normalized spacial score (nSPS) is 12.8. The topological polar surface area (TPSA) is 89.9 Å². The molecule has 0 bridgehead atoms. The molecule has 6 nitrogen and oxygen atoms in total. The van der Waals surface area contributed by atoms with Crippen molar-refractivity contribution < 1.29 is 29.0 Å². The number of carbonyl (C=O) groups is 3. The van der Waals surface area contributed by atoms with Crippen molar-refractivity contribution in [2.75, 3.05) is 0 Å². The summed E-state index contributed by atoms with van der Waals surface area (Å²) in [5.41, 5.74) is 0. The van der Waals surface area contributed by atoms with Crippen molar-refractivity contribution in [2.45, 2.75) is 161 Å². The molecule has 0 aliphatic heterocycles. The lowest BCUT2D eigenvalue weighted by Gasteiger charge is -2.14. The number of aliphatic carboxylic acids is 1. The molecule has 0 amide bonds. The van der Waals surface area contributed by atoms with Gasteiger partial charge in [0.2, 0.25) is 0 Å². The van der Waals surface area contributed by atoms with Crippen molar-refractivity contribution in [3.8, 4) is 0 Å². The Morgan fingerprint density at radius 1 is 0.559 bits per heavy atom. The minimum absolute atomic E-state index is 0.269. The van der Waals surface area contributed by atoms with Crippen LogP contribution in [0.1, 0.15) is 149 Å². The molecule has 0 aliphatic rings. The van der Waals surface area contributed by atoms with Gasteiger partial charge in [0.15, 0.2) is 12.2 Å². The summed E-state index contributed by atoms with van der Waals surface area (Å²) < 4.78 is 9.73. The van der Waals surface area contributed by atoms with Crippen LogP contribution < -0.4 is 0 Å². The summed E-state index contributed by atoms with van der Waals surface area (Å²) in [4.78, 5) is 34.2. The summed E-state index contributed by atoms with van der Waals surface area (Å²) >= 11 is 0. The maximum atomic E-state index is 11.8. The lowest BCUT2D eigenvalue weighted by atomic mass is 10.0. The van der Waals surface area contributed by atoms with Crippen molar-refractivity contribution in [3.05, 3.63) is 0 Å². The number of ether oxygens (including phenoxy) is 2. The van der Waals surface area contributed by atoms with Gasteiger partial charge in [-0.05, 0) is 20.3 Å². The average Bonchev–Trinajstić information content (AvgIpc) is 2.80. The molecule has 0 spiro atoms. The lowest BCUT2D eigenvalue weighted by Crippen LogP contribution is -2.32. The van der Waals surface area contributed by atoms with E-state index in [9.17, 15) is 14.4 Å². The Balaban J connectivity index is 3.38. The second-order valence-electron chi connectivity index (χ2n) is 9.66. The quantitative estimate of drug-likeness (QED) is 0.111. The van der Waals surface area contributed by atoms with Crippen LogP contribution in [0.4, 0.5) is 0 Å². The van der Waals surface area contributed by atoms with Gasteiger partial charge in [0, 0.05) is 6.42 Å². The molecule has 2 unspecified atom stereocenters. The number of hydrogen-bond acceptors (Lipinski definition) is 5. The van der Waals surface area contributed by atoms with E-state index in [-0.39, 0.29) is 6.42 Å². The maximum absolute atomic E-state index is 11.8. The van der Waals surface area contributed by atoms with Crippen LogP contribution in [0.2, 0.25) is 0 Å². The van der Waals surface area contributed by atoms with Gasteiger partial charge in [-0.15, -0.1) is 0 Å². The van der Waals surface area contributed by atoms with Gasteiger partial charge in [-0.3, -0.25) is 4.79 Å². The van der Waals surface area contributed by atoms with Crippen LogP contribution in [0, 0.1) is 0 Å². The van der Waals surface area contributed by atoms with E-state index < -0.39 is 30.1 Å². The minimum atomic E-state index is -1.26. The summed E-state index contributed by atoms with van der Waals surface area (Å²) in [6, 6.07) is 0. The number of carboxylic acid groups (broad SMARTS) is 1. The number of unbranched alkanes of at least 4 members (excludes halogenated alkanes) is 18. The van der Waals surface area contributed by atoms with Gasteiger partial charge in [-0.1, -0.05) is 122 Å². The molecule has 34 heavy (non-hydrogen) atoms. The summed E-state index contributed by atoms with van der Waals surface area (Å²) in [7, 11) is 0. The van der Waals surface area contributed by atoms with E-state index in [0.29, 0.717) is 0 Å². The highest BCUT2D eigenvalue weighted by Crippen LogP contribution is 2.15. The Bertz CT molecular complexity index is 519. The van der Waals surface area contributed by atoms with Crippen LogP contribution in [-0.2, 0) is 23.9 Å². The Labute approximate surface area is 208 Å². The fraction of sp³-hybridized carbons (Fsp3) is 0.893. The SMILES string of the molecule is CCCCCCCCCCCCCCCCCCCCCC(=O)OC(C)C(=O)OC(C)C(=O)O. The third kappa shape index (κ3) is 21.0. The van der Waals surface area contributed by atoms with Crippen LogP contribution in [0.25, 0.3) is 0 Å². The van der Waals surface area contributed by atoms with Gasteiger partial charge in [0.05, 0.1) is 0 Å². The standard InChI is InChI=1S/C28H52O6/c1-4-5-6-7-8-9-10-11-12-13-14-15-16-17-18-19-20-21-22-23-26(29)33-25(3)28(32)34-24(2)27(30)31/h24-25H,4-23H2,1-3H3,(H,30,31). The van der Waals surface area contributed by atoms with Crippen molar-refractivity contribution in [1.82, 2.24) is 0 Å². The first-order valence-corrected chi connectivity index (χ1v) is 14.0. The minimum Gasteiger partial charge on any atom is -0.479 e. The molecular weight excluding hydrogens is 432 g/mol. The molecule has 0 aliphatic carbocycles. The second kappa shape index (κ2) is 23.2. The van der Waals surface area contributed by atoms with E-state index in [1.165, 1.54) is 117 Å². The van der Waals surface area contributed by atoms with E-state index in [1.807, 2.05) is 0 Å². The van der Waals surface area contributed by atoms with E-state index in [0.717, 1.165) is 19.3 Å². The summed E-state index contributed by atoms with van der Waals surface area (Å²) in [5, 5.41) is 8.74. The molecule has 0 radical (unpaired) electrons. The summed E-state index contributed by atoms with van der Waals surface area (Å²) in [5.74, 6) is -2.52. The highest BCUT2D eigenvalue weighted by molar-refractivity contribution is 5.82. The molecule has 1 N–H and O–H groups in total. The smallest absolute Gasteiger partial charge is 0.347 e. The number of carbonyl (C=O) groups excluding carboxylic acids is 2. The maximum Gasteiger partial charge on any atom is 0.347 e. The van der Waals surface area contributed by atoms with Crippen molar-refractivity contribution in [3.63, 3.8) is 0 Å².